The van der Waals surface area contributed by atoms with Crippen molar-refractivity contribution in [2.45, 2.75) is 26.3 Å². The van der Waals surface area contributed by atoms with Gasteiger partial charge in [0.2, 0.25) is 0 Å². The molecule has 3 amide bonds. The third-order valence-electron chi connectivity index (χ3n) is 5.34. The lowest BCUT2D eigenvalue weighted by Crippen LogP contribution is -2.39. The van der Waals surface area contributed by atoms with Crippen LogP contribution in [0.1, 0.15) is 56.4 Å². The van der Waals surface area contributed by atoms with Crippen LogP contribution in [-0.4, -0.2) is 40.6 Å². The largest absolute Gasteiger partial charge is 0.338 e. The van der Waals surface area contributed by atoms with Crippen molar-refractivity contribution in [3.05, 3.63) is 70.8 Å². The van der Waals surface area contributed by atoms with Crippen LogP contribution in [0.2, 0.25) is 0 Å². The highest BCUT2D eigenvalue weighted by Crippen LogP contribution is 2.25. The number of piperidine rings is 1. The van der Waals surface area contributed by atoms with E-state index in [9.17, 15) is 14.4 Å². The first-order valence-electron chi connectivity index (χ1n) is 9.38. The van der Waals surface area contributed by atoms with E-state index in [1.807, 2.05) is 17.0 Å². The van der Waals surface area contributed by atoms with E-state index in [4.69, 9.17) is 0 Å². The minimum atomic E-state index is -0.280. The standard InChI is InChI=1S/C22H22N2O3/c1-15-6-5-11-23(13-15)20(25)17-8-4-7-16(12-17)14-24-21(26)18-9-2-3-10-19(18)22(24)27/h2-4,7-10,12,15H,5-6,11,13-14H2,1H3/t15-/m0/s1. The Morgan fingerprint density at radius 2 is 1.74 bits per heavy atom. The zero-order valence-corrected chi connectivity index (χ0v) is 15.4. The van der Waals surface area contributed by atoms with Gasteiger partial charge in [-0.2, -0.15) is 0 Å². The van der Waals surface area contributed by atoms with Gasteiger partial charge < -0.3 is 4.90 Å². The summed E-state index contributed by atoms with van der Waals surface area (Å²) in [6.07, 6.45) is 2.19. The smallest absolute Gasteiger partial charge is 0.261 e. The molecule has 0 aromatic heterocycles. The summed E-state index contributed by atoms with van der Waals surface area (Å²) in [5.74, 6) is -0.0237. The minimum Gasteiger partial charge on any atom is -0.338 e. The molecule has 0 radical (unpaired) electrons. The fourth-order valence-electron chi connectivity index (χ4n) is 3.92. The van der Waals surface area contributed by atoms with E-state index in [2.05, 4.69) is 6.92 Å². The molecule has 2 aromatic rings. The average molecular weight is 362 g/mol. The second kappa shape index (κ2) is 6.99. The summed E-state index contributed by atoms with van der Waals surface area (Å²) in [5.41, 5.74) is 2.27. The number of likely N-dealkylation sites (tertiary alicyclic amines) is 1. The van der Waals surface area contributed by atoms with Gasteiger partial charge in [0.15, 0.2) is 0 Å². The molecule has 0 N–H and O–H groups in total. The number of imide groups is 1. The van der Waals surface area contributed by atoms with E-state index < -0.39 is 0 Å². The first-order chi connectivity index (χ1) is 13.0. The van der Waals surface area contributed by atoms with Crippen LogP contribution in [0.25, 0.3) is 0 Å². The zero-order valence-electron chi connectivity index (χ0n) is 15.4. The Hall–Kier alpha value is -2.95. The van der Waals surface area contributed by atoms with Crippen LogP contribution in [-0.2, 0) is 6.54 Å². The van der Waals surface area contributed by atoms with Crippen molar-refractivity contribution in [2.24, 2.45) is 5.92 Å². The molecule has 4 rings (SSSR count). The lowest BCUT2D eigenvalue weighted by atomic mass is 9.99. The second-order valence-electron chi connectivity index (χ2n) is 7.44. The molecule has 2 aromatic carbocycles. The first kappa shape index (κ1) is 17.5. The molecule has 1 fully saturated rings. The van der Waals surface area contributed by atoms with Crippen molar-refractivity contribution in [1.29, 1.82) is 0 Å². The summed E-state index contributed by atoms with van der Waals surface area (Å²) in [6, 6.07) is 14.1. The maximum absolute atomic E-state index is 12.8. The maximum atomic E-state index is 12.8. The van der Waals surface area contributed by atoms with Gasteiger partial charge in [0.05, 0.1) is 17.7 Å². The lowest BCUT2D eigenvalue weighted by molar-refractivity contribution is 0.0641. The molecular formula is C22H22N2O3. The van der Waals surface area contributed by atoms with Crippen LogP contribution in [0.15, 0.2) is 48.5 Å². The van der Waals surface area contributed by atoms with Gasteiger partial charge in [-0.3, -0.25) is 19.3 Å². The highest BCUT2D eigenvalue weighted by atomic mass is 16.2. The Morgan fingerprint density at radius 3 is 2.41 bits per heavy atom. The Labute approximate surface area is 158 Å². The molecule has 0 spiro atoms. The lowest BCUT2D eigenvalue weighted by Gasteiger charge is -2.31. The minimum absolute atomic E-state index is 0.0192. The normalized spacial score (nSPS) is 19.4. The third kappa shape index (κ3) is 3.25. The molecule has 2 aliphatic heterocycles. The van der Waals surface area contributed by atoms with Crippen LogP contribution < -0.4 is 0 Å². The van der Waals surface area contributed by atoms with E-state index in [0.29, 0.717) is 22.6 Å². The highest BCUT2D eigenvalue weighted by molar-refractivity contribution is 6.21. The van der Waals surface area contributed by atoms with Gasteiger partial charge in [-0.25, -0.2) is 0 Å². The maximum Gasteiger partial charge on any atom is 0.261 e. The Kier molecular flexibility index (Phi) is 4.52. The van der Waals surface area contributed by atoms with Crippen molar-refractivity contribution in [3.63, 3.8) is 0 Å². The molecule has 0 bridgehead atoms. The van der Waals surface area contributed by atoms with Crippen molar-refractivity contribution in [1.82, 2.24) is 9.80 Å². The Bertz CT molecular complexity index is 886. The number of rotatable bonds is 3. The number of fused-ring (bicyclic) bond motifs is 1. The van der Waals surface area contributed by atoms with E-state index in [0.717, 1.165) is 31.5 Å². The SMILES string of the molecule is C[C@H]1CCCN(C(=O)c2cccc(CN3C(=O)c4ccccc4C3=O)c2)C1. The number of nitrogens with zero attached hydrogens (tertiary/aromatic N) is 2. The van der Waals surface area contributed by atoms with Gasteiger partial charge in [0, 0.05) is 18.7 Å². The number of carbonyl (C=O) groups is 3. The summed E-state index contributed by atoms with van der Waals surface area (Å²) < 4.78 is 0. The Balaban J connectivity index is 1.53. The van der Waals surface area contributed by atoms with Crippen LogP contribution in [0.3, 0.4) is 0 Å². The van der Waals surface area contributed by atoms with Crippen molar-refractivity contribution in [3.8, 4) is 0 Å². The van der Waals surface area contributed by atoms with Gasteiger partial charge in [0.1, 0.15) is 0 Å². The monoisotopic (exact) mass is 362 g/mol. The van der Waals surface area contributed by atoms with Crippen molar-refractivity contribution < 1.29 is 14.4 Å². The number of hydrogen-bond donors (Lipinski definition) is 0. The van der Waals surface area contributed by atoms with Crippen LogP contribution in [0.5, 0.6) is 0 Å². The summed E-state index contributed by atoms with van der Waals surface area (Å²) in [4.78, 5) is 41.1. The summed E-state index contributed by atoms with van der Waals surface area (Å²) in [5, 5.41) is 0. The summed E-state index contributed by atoms with van der Waals surface area (Å²) in [7, 11) is 0. The molecule has 0 aliphatic carbocycles. The van der Waals surface area contributed by atoms with Crippen molar-refractivity contribution in [2.75, 3.05) is 13.1 Å². The van der Waals surface area contributed by atoms with Gasteiger partial charge in [-0.1, -0.05) is 31.2 Å². The summed E-state index contributed by atoms with van der Waals surface area (Å²) >= 11 is 0. The molecule has 1 atom stereocenters. The van der Waals surface area contributed by atoms with Gasteiger partial charge in [-0.05, 0) is 48.6 Å². The molecule has 2 aliphatic rings. The molecular weight excluding hydrogens is 340 g/mol. The van der Waals surface area contributed by atoms with E-state index >= 15 is 0 Å². The third-order valence-corrected chi connectivity index (χ3v) is 5.34. The van der Waals surface area contributed by atoms with Gasteiger partial charge in [-0.15, -0.1) is 0 Å². The molecule has 0 unspecified atom stereocenters. The molecule has 1 saturated heterocycles. The number of carbonyl (C=O) groups excluding carboxylic acids is 3. The zero-order chi connectivity index (χ0) is 19.0. The van der Waals surface area contributed by atoms with Crippen LogP contribution in [0, 0.1) is 5.92 Å². The second-order valence-corrected chi connectivity index (χ2v) is 7.44. The molecule has 27 heavy (non-hydrogen) atoms. The topological polar surface area (TPSA) is 57.7 Å². The number of hydrogen-bond acceptors (Lipinski definition) is 3. The predicted molar refractivity (Wildman–Crippen MR) is 101 cm³/mol. The number of amides is 3. The molecule has 5 nitrogen and oxygen atoms in total. The fourth-order valence-corrected chi connectivity index (χ4v) is 3.92. The molecule has 0 saturated carbocycles. The van der Waals surface area contributed by atoms with Crippen LogP contribution >= 0.6 is 0 Å². The molecule has 5 heteroatoms. The Morgan fingerprint density at radius 1 is 1.04 bits per heavy atom. The molecule has 138 valence electrons. The van der Waals surface area contributed by atoms with E-state index in [1.165, 1.54) is 4.90 Å². The fraction of sp³-hybridized carbons (Fsp3) is 0.318. The van der Waals surface area contributed by atoms with Gasteiger partial charge in [0.25, 0.3) is 17.7 Å². The van der Waals surface area contributed by atoms with Gasteiger partial charge >= 0.3 is 0 Å². The summed E-state index contributed by atoms with van der Waals surface area (Å²) in [6.45, 7) is 3.90. The average Bonchev–Trinajstić information content (AvgIpc) is 2.93. The quantitative estimate of drug-likeness (QED) is 0.787. The van der Waals surface area contributed by atoms with E-state index in [-0.39, 0.29) is 24.3 Å². The van der Waals surface area contributed by atoms with Crippen molar-refractivity contribution >= 4 is 17.7 Å². The first-order valence-corrected chi connectivity index (χ1v) is 9.38. The predicted octanol–water partition coefficient (Wildman–Crippen LogP) is 3.35. The van der Waals surface area contributed by atoms with E-state index in [1.54, 1.807) is 36.4 Å². The highest BCUT2D eigenvalue weighted by Gasteiger charge is 2.35. The van der Waals surface area contributed by atoms with Crippen LogP contribution in [0.4, 0.5) is 0 Å². The molecule has 2 heterocycles. The number of benzene rings is 2.